The van der Waals surface area contributed by atoms with Crippen molar-refractivity contribution in [1.29, 1.82) is 0 Å². The fourth-order valence-electron chi connectivity index (χ4n) is 1.54. The Labute approximate surface area is 107 Å². The van der Waals surface area contributed by atoms with Gasteiger partial charge in [0.1, 0.15) is 12.0 Å². The van der Waals surface area contributed by atoms with Crippen LogP contribution in [0.5, 0.6) is 0 Å². The third-order valence-corrected chi connectivity index (χ3v) is 2.55. The second kappa shape index (κ2) is 4.87. The largest absolute Gasteiger partial charge is 0.444 e. The van der Waals surface area contributed by atoms with E-state index in [1.807, 2.05) is 0 Å². The van der Waals surface area contributed by atoms with E-state index in [1.165, 1.54) is 12.1 Å². The molecule has 1 aromatic heterocycles. The molecule has 0 spiro atoms. The van der Waals surface area contributed by atoms with Gasteiger partial charge in [-0.25, -0.2) is 4.98 Å². The maximum atomic E-state index is 12.6. The van der Waals surface area contributed by atoms with E-state index >= 15 is 0 Å². The number of oxazole rings is 1. The van der Waals surface area contributed by atoms with Gasteiger partial charge in [-0.2, -0.15) is 13.2 Å². The van der Waals surface area contributed by atoms with Gasteiger partial charge in [0.25, 0.3) is 0 Å². The maximum absolute atomic E-state index is 12.6. The lowest BCUT2D eigenvalue weighted by Gasteiger charge is -2.06. The number of alkyl halides is 3. The molecule has 0 fully saturated rings. The van der Waals surface area contributed by atoms with Gasteiger partial charge in [-0.15, -0.1) is 0 Å². The summed E-state index contributed by atoms with van der Waals surface area (Å²) in [4.78, 5) is 15.3. The molecule has 0 amide bonds. The van der Waals surface area contributed by atoms with E-state index < -0.39 is 11.7 Å². The number of aromatic nitrogens is 1. The van der Waals surface area contributed by atoms with Crippen molar-refractivity contribution in [3.63, 3.8) is 0 Å². The van der Waals surface area contributed by atoms with E-state index in [1.54, 1.807) is 6.92 Å². The number of halogens is 3. The van der Waals surface area contributed by atoms with Crippen LogP contribution in [0.4, 0.5) is 13.2 Å². The molecule has 0 saturated heterocycles. The minimum absolute atomic E-state index is 0.00269. The second-order valence-corrected chi connectivity index (χ2v) is 3.89. The summed E-state index contributed by atoms with van der Waals surface area (Å²) in [6, 6.07) is 4.61. The zero-order valence-electron chi connectivity index (χ0n) is 9.99. The molecular weight excluding hydrogens is 259 g/mol. The normalized spacial score (nSPS) is 11.6. The molecule has 0 N–H and O–H groups in total. The molecule has 0 unspecified atom stereocenters. The summed E-state index contributed by atoms with van der Waals surface area (Å²) in [6.07, 6.45) is -3.01. The van der Waals surface area contributed by atoms with E-state index in [0.717, 1.165) is 18.4 Å². The van der Waals surface area contributed by atoms with Crippen LogP contribution in [0.3, 0.4) is 0 Å². The number of benzene rings is 1. The van der Waals surface area contributed by atoms with E-state index in [9.17, 15) is 18.0 Å². The molecule has 0 saturated carbocycles. The molecule has 3 nitrogen and oxygen atoms in total. The fourth-order valence-corrected chi connectivity index (χ4v) is 1.54. The Morgan fingerprint density at radius 2 is 2.11 bits per heavy atom. The number of Topliss-reactive ketones (excluding diaryl/α,β-unsaturated/α-hetero) is 1. The average Bonchev–Trinajstić information content (AvgIpc) is 2.86. The predicted octanol–water partition coefficient (Wildman–Crippen LogP) is 3.95. The molecule has 6 heteroatoms. The number of carbonyl (C=O) groups is 1. The summed E-state index contributed by atoms with van der Waals surface area (Å²) >= 11 is 0. The molecule has 0 radical (unpaired) electrons. The number of hydrogen-bond acceptors (Lipinski definition) is 3. The molecule has 2 rings (SSSR count). The predicted molar refractivity (Wildman–Crippen MR) is 61.6 cm³/mol. The van der Waals surface area contributed by atoms with Crippen molar-refractivity contribution in [2.24, 2.45) is 0 Å². The van der Waals surface area contributed by atoms with Gasteiger partial charge in [-0.1, -0.05) is 13.0 Å². The first-order chi connectivity index (χ1) is 8.91. The smallest absolute Gasteiger partial charge is 0.416 e. The molecule has 0 atom stereocenters. The van der Waals surface area contributed by atoms with Gasteiger partial charge in [0.2, 0.25) is 5.89 Å². The lowest BCUT2D eigenvalue weighted by atomic mass is 10.1. The lowest BCUT2D eigenvalue weighted by molar-refractivity contribution is -0.137. The summed E-state index contributed by atoms with van der Waals surface area (Å²) in [6.45, 7) is 1.67. The number of rotatable bonds is 3. The Kier molecular flexibility index (Phi) is 3.42. The van der Waals surface area contributed by atoms with Gasteiger partial charge < -0.3 is 4.42 Å². The number of ketones is 1. The fraction of sp³-hybridized carbons (Fsp3) is 0.231. The van der Waals surface area contributed by atoms with Gasteiger partial charge in [0.05, 0.1) is 5.56 Å². The van der Waals surface area contributed by atoms with Crippen molar-refractivity contribution in [2.75, 3.05) is 0 Å². The van der Waals surface area contributed by atoms with Crippen molar-refractivity contribution in [3.8, 4) is 11.5 Å². The number of nitrogens with zero attached hydrogens (tertiary/aromatic N) is 1. The van der Waals surface area contributed by atoms with E-state index in [0.29, 0.717) is 0 Å². The van der Waals surface area contributed by atoms with Crippen LogP contribution in [-0.2, 0) is 6.18 Å². The van der Waals surface area contributed by atoms with E-state index in [2.05, 4.69) is 4.98 Å². The highest BCUT2D eigenvalue weighted by Crippen LogP contribution is 2.31. The molecule has 19 heavy (non-hydrogen) atoms. The maximum Gasteiger partial charge on any atom is 0.416 e. The van der Waals surface area contributed by atoms with Crippen molar-refractivity contribution in [2.45, 2.75) is 19.5 Å². The Bertz CT molecular complexity index is 602. The van der Waals surface area contributed by atoms with E-state index in [4.69, 9.17) is 4.42 Å². The van der Waals surface area contributed by atoms with Crippen LogP contribution in [0.25, 0.3) is 11.5 Å². The van der Waals surface area contributed by atoms with Crippen LogP contribution in [0.15, 0.2) is 34.9 Å². The first-order valence-electron chi connectivity index (χ1n) is 5.58. The summed E-state index contributed by atoms with van der Waals surface area (Å²) in [7, 11) is 0. The summed E-state index contributed by atoms with van der Waals surface area (Å²) in [5.41, 5.74) is -0.480. The highest BCUT2D eigenvalue weighted by atomic mass is 19.4. The van der Waals surface area contributed by atoms with Crippen molar-refractivity contribution in [1.82, 2.24) is 4.98 Å². The molecule has 2 aromatic rings. The third kappa shape index (κ3) is 2.83. The lowest BCUT2D eigenvalue weighted by Crippen LogP contribution is -2.04. The number of hydrogen-bond donors (Lipinski definition) is 0. The molecule has 100 valence electrons. The van der Waals surface area contributed by atoms with Gasteiger partial charge >= 0.3 is 6.18 Å². The topological polar surface area (TPSA) is 43.1 Å². The first-order valence-corrected chi connectivity index (χ1v) is 5.58. The van der Waals surface area contributed by atoms with Gasteiger partial charge in [-0.05, 0) is 18.2 Å². The van der Waals surface area contributed by atoms with Crippen LogP contribution in [0.1, 0.15) is 29.4 Å². The first kappa shape index (κ1) is 13.3. The van der Waals surface area contributed by atoms with Gasteiger partial charge in [0, 0.05) is 12.0 Å². The molecular formula is C13H10F3NO2. The quantitative estimate of drug-likeness (QED) is 0.792. The minimum atomic E-state index is -4.43. The van der Waals surface area contributed by atoms with E-state index in [-0.39, 0.29) is 29.4 Å². The number of carbonyl (C=O) groups excluding carboxylic acids is 1. The molecule has 0 aliphatic heterocycles. The van der Waals surface area contributed by atoms with Crippen molar-refractivity contribution in [3.05, 3.63) is 41.8 Å². The summed E-state index contributed by atoms with van der Waals surface area (Å²) < 4.78 is 42.7. The van der Waals surface area contributed by atoms with Crippen LogP contribution in [0, 0.1) is 0 Å². The standard InChI is InChI=1S/C13H10F3NO2/c1-2-11(18)10-7-19-12(17-10)8-4-3-5-9(6-8)13(14,15)16/h3-7H,2H2,1H3. The SMILES string of the molecule is CCC(=O)c1coc(-c2cccc(C(F)(F)F)c2)n1. The third-order valence-electron chi connectivity index (χ3n) is 2.55. The van der Waals surface area contributed by atoms with Crippen molar-refractivity contribution >= 4 is 5.78 Å². The molecule has 0 aliphatic carbocycles. The zero-order valence-corrected chi connectivity index (χ0v) is 9.99. The average molecular weight is 269 g/mol. The monoisotopic (exact) mass is 269 g/mol. The second-order valence-electron chi connectivity index (χ2n) is 3.89. The zero-order chi connectivity index (χ0) is 14.0. The Morgan fingerprint density at radius 1 is 1.37 bits per heavy atom. The van der Waals surface area contributed by atoms with Crippen molar-refractivity contribution < 1.29 is 22.4 Å². The Hall–Kier alpha value is -2.11. The highest BCUT2D eigenvalue weighted by Gasteiger charge is 2.30. The Balaban J connectivity index is 2.37. The van der Waals surface area contributed by atoms with Crippen LogP contribution in [0.2, 0.25) is 0 Å². The molecule has 0 aliphatic rings. The highest BCUT2D eigenvalue weighted by molar-refractivity contribution is 5.94. The molecule has 1 heterocycles. The van der Waals surface area contributed by atoms with Crippen LogP contribution >= 0.6 is 0 Å². The van der Waals surface area contributed by atoms with Crippen LogP contribution in [-0.4, -0.2) is 10.8 Å². The van der Waals surface area contributed by atoms with Gasteiger partial charge in [0.15, 0.2) is 5.78 Å². The molecule has 0 bridgehead atoms. The molecule has 1 aromatic carbocycles. The van der Waals surface area contributed by atoms with Gasteiger partial charge in [-0.3, -0.25) is 4.79 Å². The summed E-state index contributed by atoms with van der Waals surface area (Å²) in [5.74, 6) is -0.218. The summed E-state index contributed by atoms with van der Waals surface area (Å²) in [5, 5.41) is 0. The Morgan fingerprint density at radius 3 is 2.74 bits per heavy atom. The van der Waals surface area contributed by atoms with Crippen LogP contribution < -0.4 is 0 Å². The minimum Gasteiger partial charge on any atom is -0.444 e.